The van der Waals surface area contributed by atoms with E-state index in [0.717, 1.165) is 27.5 Å². The van der Waals surface area contributed by atoms with Gasteiger partial charge in [0, 0.05) is 11.3 Å². The molecule has 0 bridgehead atoms. The van der Waals surface area contributed by atoms with Crippen LogP contribution in [0, 0.1) is 6.92 Å². The molecular formula is C21H25N4O3+. The lowest BCUT2D eigenvalue weighted by molar-refractivity contribution is -0.903. The van der Waals surface area contributed by atoms with Gasteiger partial charge in [-0.3, -0.25) is 4.79 Å². The fourth-order valence-electron chi connectivity index (χ4n) is 2.80. The quantitative estimate of drug-likeness (QED) is 0.656. The van der Waals surface area contributed by atoms with Gasteiger partial charge in [0.15, 0.2) is 12.6 Å². The van der Waals surface area contributed by atoms with Gasteiger partial charge in [-0.25, -0.2) is 0 Å². The van der Waals surface area contributed by atoms with Crippen LogP contribution in [0.3, 0.4) is 0 Å². The fourth-order valence-corrected chi connectivity index (χ4v) is 2.80. The summed E-state index contributed by atoms with van der Waals surface area (Å²) in [4.78, 5) is 13.3. The van der Waals surface area contributed by atoms with Gasteiger partial charge >= 0.3 is 0 Å². The molecule has 0 radical (unpaired) electrons. The molecule has 2 atom stereocenters. The normalized spacial score (nSPS) is 13.0. The molecule has 1 amide bonds. The zero-order chi connectivity index (χ0) is 20.1. The Kier molecular flexibility index (Phi) is 6.06. The van der Waals surface area contributed by atoms with Crippen molar-refractivity contribution in [3.8, 4) is 17.2 Å². The van der Waals surface area contributed by atoms with E-state index in [0.29, 0.717) is 11.8 Å². The fraction of sp³-hybridized carbons (Fsp3) is 0.286. The second kappa shape index (κ2) is 8.67. The minimum absolute atomic E-state index is 0.0899. The molecule has 0 aliphatic carbocycles. The minimum Gasteiger partial charge on any atom is -0.497 e. The summed E-state index contributed by atoms with van der Waals surface area (Å²) < 4.78 is 11.0. The van der Waals surface area contributed by atoms with E-state index in [4.69, 9.17) is 9.15 Å². The third-order valence-corrected chi connectivity index (χ3v) is 4.63. The Morgan fingerprint density at radius 2 is 1.96 bits per heavy atom. The predicted molar refractivity (Wildman–Crippen MR) is 106 cm³/mol. The first-order valence-electron chi connectivity index (χ1n) is 9.13. The number of benzene rings is 2. The smallest absolute Gasteiger partial charge is 0.279 e. The van der Waals surface area contributed by atoms with Gasteiger partial charge in [-0.05, 0) is 50.2 Å². The van der Waals surface area contributed by atoms with Gasteiger partial charge in [0.1, 0.15) is 5.75 Å². The van der Waals surface area contributed by atoms with Crippen LogP contribution in [0.25, 0.3) is 11.5 Å². The molecule has 3 rings (SSSR count). The molecule has 7 heteroatoms. The lowest BCUT2D eigenvalue weighted by Crippen LogP contribution is -3.10. The number of amides is 1. The monoisotopic (exact) mass is 381 g/mol. The van der Waals surface area contributed by atoms with Crippen molar-refractivity contribution in [1.82, 2.24) is 10.2 Å². The van der Waals surface area contributed by atoms with E-state index < -0.39 is 0 Å². The van der Waals surface area contributed by atoms with Gasteiger partial charge in [0.25, 0.3) is 11.8 Å². The van der Waals surface area contributed by atoms with Crippen molar-refractivity contribution in [2.75, 3.05) is 26.0 Å². The first-order chi connectivity index (χ1) is 13.5. The molecule has 1 heterocycles. The van der Waals surface area contributed by atoms with Crippen LogP contribution in [0.4, 0.5) is 5.69 Å². The largest absolute Gasteiger partial charge is 0.497 e. The molecule has 2 aromatic carbocycles. The number of hydrogen-bond donors (Lipinski definition) is 2. The zero-order valence-electron chi connectivity index (χ0n) is 16.5. The van der Waals surface area contributed by atoms with Crippen molar-refractivity contribution >= 4 is 11.6 Å². The van der Waals surface area contributed by atoms with Crippen LogP contribution in [0.5, 0.6) is 5.75 Å². The summed E-state index contributed by atoms with van der Waals surface area (Å²) in [6.07, 6.45) is 0. The maximum Gasteiger partial charge on any atom is 0.279 e. The number of carbonyl (C=O) groups excluding carboxylic acids is 1. The number of quaternary nitrogens is 1. The highest BCUT2D eigenvalue weighted by molar-refractivity contribution is 5.91. The number of anilines is 1. The molecule has 7 nitrogen and oxygen atoms in total. The lowest BCUT2D eigenvalue weighted by Gasteiger charge is -2.18. The number of aromatic nitrogens is 2. The maximum absolute atomic E-state index is 12.3. The van der Waals surface area contributed by atoms with Crippen molar-refractivity contribution in [1.29, 1.82) is 0 Å². The molecule has 0 saturated carbocycles. The highest BCUT2D eigenvalue weighted by atomic mass is 16.5. The second-order valence-corrected chi connectivity index (χ2v) is 6.84. The molecule has 0 aliphatic rings. The zero-order valence-corrected chi connectivity index (χ0v) is 16.5. The average Bonchev–Trinajstić information content (AvgIpc) is 3.18. The van der Waals surface area contributed by atoms with Crippen LogP contribution < -0.4 is 15.0 Å². The Hall–Kier alpha value is -3.19. The molecule has 1 aromatic heterocycles. The number of nitrogens with one attached hydrogen (secondary N) is 2. The Balaban J connectivity index is 1.60. The summed E-state index contributed by atoms with van der Waals surface area (Å²) in [5.41, 5.74) is 2.75. The van der Waals surface area contributed by atoms with Gasteiger partial charge in [-0.2, -0.15) is 0 Å². The minimum atomic E-state index is -0.118. The average molecular weight is 381 g/mol. The highest BCUT2D eigenvalue weighted by Gasteiger charge is 2.24. The van der Waals surface area contributed by atoms with E-state index in [9.17, 15) is 4.79 Å². The molecule has 3 aromatic rings. The first kappa shape index (κ1) is 19.6. The predicted octanol–water partition coefficient (Wildman–Crippen LogP) is 2.27. The van der Waals surface area contributed by atoms with Crippen LogP contribution in [0.1, 0.15) is 24.4 Å². The van der Waals surface area contributed by atoms with Gasteiger partial charge in [-0.15, -0.1) is 10.2 Å². The Morgan fingerprint density at radius 1 is 1.21 bits per heavy atom. The second-order valence-electron chi connectivity index (χ2n) is 6.84. The van der Waals surface area contributed by atoms with Crippen LogP contribution >= 0.6 is 0 Å². The molecule has 146 valence electrons. The third kappa shape index (κ3) is 4.75. The van der Waals surface area contributed by atoms with Crippen LogP contribution in [0.15, 0.2) is 52.9 Å². The number of likely N-dealkylation sites (N-methyl/N-ethyl adjacent to an activating group) is 1. The SMILES string of the molecule is COc1ccc(NC(=O)C[NH+](C)[C@@H](C)c2nnc(-c3cccc(C)c3)o2)cc1. The standard InChI is InChI=1S/C21H24N4O3/c1-14-6-5-7-16(12-14)21-24-23-20(28-21)15(2)25(3)13-19(26)22-17-8-10-18(27-4)11-9-17/h5-12,15H,13H2,1-4H3,(H,22,26)/p+1/t15-/m0/s1. The summed E-state index contributed by atoms with van der Waals surface area (Å²) in [5, 5.41) is 11.2. The first-order valence-corrected chi connectivity index (χ1v) is 9.13. The van der Waals surface area contributed by atoms with Crippen molar-refractivity contribution in [2.45, 2.75) is 19.9 Å². The van der Waals surface area contributed by atoms with Crippen molar-refractivity contribution in [3.63, 3.8) is 0 Å². The summed E-state index contributed by atoms with van der Waals surface area (Å²) in [7, 11) is 3.53. The van der Waals surface area contributed by atoms with E-state index in [2.05, 4.69) is 15.5 Å². The van der Waals surface area contributed by atoms with Gasteiger partial charge < -0.3 is 19.4 Å². The Bertz CT molecular complexity index is 937. The maximum atomic E-state index is 12.3. The number of aryl methyl sites for hydroxylation is 1. The number of methoxy groups -OCH3 is 1. The molecule has 1 unspecified atom stereocenters. The van der Waals surface area contributed by atoms with E-state index in [-0.39, 0.29) is 18.5 Å². The van der Waals surface area contributed by atoms with E-state index in [1.165, 1.54) is 0 Å². The topological polar surface area (TPSA) is 81.7 Å². The molecule has 0 saturated heterocycles. The molecule has 2 N–H and O–H groups in total. The number of nitrogens with zero attached hydrogens (tertiary/aromatic N) is 2. The van der Waals surface area contributed by atoms with Crippen molar-refractivity contribution in [2.24, 2.45) is 0 Å². The molecule has 28 heavy (non-hydrogen) atoms. The number of hydrogen-bond acceptors (Lipinski definition) is 5. The Morgan fingerprint density at radius 3 is 2.64 bits per heavy atom. The third-order valence-electron chi connectivity index (χ3n) is 4.63. The molecule has 0 aliphatic heterocycles. The van der Waals surface area contributed by atoms with E-state index in [1.54, 1.807) is 19.2 Å². The lowest BCUT2D eigenvalue weighted by atomic mass is 10.1. The summed E-state index contributed by atoms with van der Waals surface area (Å²) in [5.74, 6) is 1.65. The van der Waals surface area contributed by atoms with Crippen LogP contribution in [-0.2, 0) is 4.79 Å². The van der Waals surface area contributed by atoms with Crippen LogP contribution in [-0.4, -0.2) is 36.8 Å². The van der Waals surface area contributed by atoms with Gasteiger partial charge in [-0.1, -0.05) is 17.7 Å². The Labute approximate surface area is 164 Å². The molecule has 0 fully saturated rings. The van der Waals surface area contributed by atoms with Gasteiger partial charge in [0.05, 0.1) is 14.2 Å². The van der Waals surface area contributed by atoms with Crippen molar-refractivity contribution in [3.05, 3.63) is 60.0 Å². The molecule has 0 spiro atoms. The van der Waals surface area contributed by atoms with Crippen LogP contribution in [0.2, 0.25) is 0 Å². The number of rotatable bonds is 7. The summed E-state index contributed by atoms with van der Waals surface area (Å²) in [6, 6.07) is 15.0. The van der Waals surface area contributed by atoms with Gasteiger partial charge in [0.2, 0.25) is 5.89 Å². The summed E-state index contributed by atoms with van der Waals surface area (Å²) in [6.45, 7) is 4.25. The highest BCUT2D eigenvalue weighted by Crippen LogP contribution is 2.20. The van der Waals surface area contributed by atoms with Crippen molar-refractivity contribution < 1.29 is 18.8 Å². The number of carbonyl (C=O) groups is 1. The van der Waals surface area contributed by atoms with E-state index in [1.807, 2.05) is 57.3 Å². The van der Waals surface area contributed by atoms with E-state index >= 15 is 0 Å². The molecular weight excluding hydrogens is 356 g/mol. The summed E-state index contributed by atoms with van der Waals surface area (Å²) >= 11 is 0. The number of ether oxygens (including phenoxy) is 1.